The molecule has 0 saturated carbocycles. The third-order valence-corrected chi connectivity index (χ3v) is 15.2. The molecule has 0 aromatic carbocycles. The van der Waals surface area contributed by atoms with Crippen LogP contribution >= 0.6 is 0 Å². The quantitative estimate of drug-likeness (QED) is 0.478. The Labute approximate surface area is 74.4 Å². The molecule has 0 spiro atoms. The molecule has 0 aliphatic carbocycles. The van der Waals surface area contributed by atoms with Crippen LogP contribution in [0, 0.1) is 0 Å². The zero-order valence-corrected chi connectivity index (χ0v) is 10.6. The monoisotopic (exact) mass is 216 g/mol. The fourth-order valence-corrected chi connectivity index (χ4v) is 9.17. The van der Waals surface area contributed by atoms with Crippen molar-refractivity contribution in [2.45, 2.75) is 48.7 Å². The van der Waals surface area contributed by atoms with Gasteiger partial charge in [0.2, 0.25) is 0 Å². The first kappa shape index (κ1) is 11.3. The summed E-state index contributed by atoms with van der Waals surface area (Å²) in [6.45, 7) is 13.3. The molecule has 0 nitrogen and oxygen atoms in total. The van der Waals surface area contributed by atoms with Crippen molar-refractivity contribution >= 4 is 13.3 Å². The maximum atomic E-state index is 4.03. The van der Waals surface area contributed by atoms with Crippen LogP contribution in [0.15, 0.2) is 12.2 Å². The van der Waals surface area contributed by atoms with Gasteiger partial charge in [-0.25, -0.2) is 0 Å². The molecule has 11 heavy (non-hydrogen) atoms. The molecule has 0 aliphatic rings. The third kappa shape index (κ3) is 3.46. The van der Waals surface area contributed by atoms with Crippen molar-refractivity contribution in [1.29, 1.82) is 0 Å². The first-order chi connectivity index (χ1) is 5.10. The van der Waals surface area contributed by atoms with Crippen molar-refractivity contribution in [2.75, 3.05) is 0 Å². The summed E-state index contributed by atoms with van der Waals surface area (Å²) in [6.07, 6.45) is 0. The molecule has 0 aliphatic heterocycles. The van der Waals surface area contributed by atoms with Crippen molar-refractivity contribution in [3.8, 4) is 0 Å². The van der Waals surface area contributed by atoms with Gasteiger partial charge >= 0.3 is 74.1 Å². The summed E-state index contributed by atoms with van der Waals surface area (Å²) in [6, 6.07) is 0. The zero-order chi connectivity index (χ0) is 8.91. The van der Waals surface area contributed by atoms with Gasteiger partial charge in [-0.1, -0.05) is 0 Å². The Bertz CT molecular complexity index is 115. The van der Waals surface area contributed by atoms with Crippen LogP contribution in [0.1, 0.15) is 27.7 Å². The first-order valence-corrected chi connectivity index (χ1v) is 10.7. The van der Waals surface area contributed by atoms with Crippen LogP contribution in [0.3, 0.4) is 0 Å². The summed E-state index contributed by atoms with van der Waals surface area (Å²) in [4.78, 5) is 0. The molecular weight excluding hydrogens is 193 g/mol. The molecule has 0 heterocycles. The molecule has 0 saturated heterocycles. The van der Waals surface area contributed by atoms with Gasteiger partial charge in [0, 0.05) is 0 Å². The molecule has 0 atom stereocenters. The topological polar surface area (TPSA) is 0 Å². The van der Waals surface area contributed by atoms with Crippen molar-refractivity contribution < 1.29 is 0 Å². The predicted octanol–water partition coefficient (Wildman–Crippen LogP) is 4.07. The Kier molecular flexibility index (Phi) is 5.15. The Balaban J connectivity index is 4.16. The summed E-state index contributed by atoms with van der Waals surface area (Å²) >= 11 is -1.38. The summed E-state index contributed by atoms with van der Waals surface area (Å²) < 4.78 is 0. The predicted molar refractivity (Wildman–Crippen MR) is 56.8 cm³/mol. The van der Waals surface area contributed by atoms with Crippen LogP contribution in [0.2, 0.25) is 21.0 Å². The van der Waals surface area contributed by atoms with Gasteiger partial charge in [-0.2, -0.15) is 0 Å². The van der Waals surface area contributed by atoms with E-state index >= 15 is 0 Å². The maximum absolute atomic E-state index is 4.03. The minimum atomic E-state index is -1.38. The average Bonchev–Trinajstić information content (AvgIpc) is 2.00. The zero-order valence-electron chi connectivity index (χ0n) is 8.54. The van der Waals surface area contributed by atoms with E-state index in [2.05, 4.69) is 34.3 Å². The molecule has 0 rings (SSSR count). The normalized spacial score (nSPS) is 11.6. The van der Waals surface area contributed by atoms with Crippen LogP contribution in [0.25, 0.3) is 0 Å². The van der Waals surface area contributed by atoms with Crippen LogP contribution in [-0.2, 0) is 0 Å². The van der Waals surface area contributed by atoms with Crippen LogP contribution in [0.4, 0.5) is 0 Å². The van der Waals surface area contributed by atoms with Crippen LogP contribution < -0.4 is 0 Å². The van der Waals surface area contributed by atoms with Crippen molar-refractivity contribution in [3.63, 3.8) is 0 Å². The Hall–Kier alpha value is 0.283. The third-order valence-electron chi connectivity index (χ3n) is 2.93. The Morgan fingerprint density at radius 1 is 1.09 bits per heavy atom. The van der Waals surface area contributed by atoms with Crippen LogP contribution in [0.5, 0.6) is 0 Å². The molecule has 0 fully saturated rings. The molecule has 0 aromatic heterocycles. The van der Waals surface area contributed by atoms with Crippen molar-refractivity contribution in [1.82, 2.24) is 0 Å². The Morgan fingerprint density at radius 3 is 1.55 bits per heavy atom. The van der Waals surface area contributed by atoms with E-state index in [9.17, 15) is 0 Å². The number of rotatable bonds is 5. The fourth-order valence-electron chi connectivity index (χ4n) is 1.77. The standard InChI is InChI=1S/C10H22Ge/c1-6-11(7-2,8-3)9-10(4)5/h4,6-9H2,1-3,5H3. The van der Waals surface area contributed by atoms with Gasteiger partial charge in [0.15, 0.2) is 0 Å². The van der Waals surface area contributed by atoms with E-state index in [0.717, 1.165) is 0 Å². The van der Waals surface area contributed by atoms with Crippen molar-refractivity contribution in [3.05, 3.63) is 12.2 Å². The van der Waals surface area contributed by atoms with Gasteiger partial charge in [0.1, 0.15) is 0 Å². The van der Waals surface area contributed by atoms with Gasteiger partial charge in [0.25, 0.3) is 0 Å². The molecule has 0 radical (unpaired) electrons. The van der Waals surface area contributed by atoms with Gasteiger partial charge in [-0.05, 0) is 0 Å². The van der Waals surface area contributed by atoms with Crippen molar-refractivity contribution in [2.24, 2.45) is 0 Å². The second kappa shape index (κ2) is 5.02. The number of hydrogen-bond acceptors (Lipinski definition) is 0. The van der Waals surface area contributed by atoms with E-state index in [4.69, 9.17) is 0 Å². The molecule has 0 unspecified atom stereocenters. The van der Waals surface area contributed by atoms with Gasteiger partial charge in [0.05, 0.1) is 0 Å². The van der Waals surface area contributed by atoms with Gasteiger partial charge in [-0.3, -0.25) is 0 Å². The molecule has 66 valence electrons. The fraction of sp³-hybridized carbons (Fsp3) is 0.800. The summed E-state index contributed by atoms with van der Waals surface area (Å²) in [5, 5.41) is 5.81. The van der Waals surface area contributed by atoms with E-state index in [1.165, 1.54) is 26.6 Å². The van der Waals surface area contributed by atoms with E-state index in [0.29, 0.717) is 0 Å². The van der Waals surface area contributed by atoms with E-state index in [1.807, 2.05) is 0 Å². The molecule has 0 aromatic rings. The van der Waals surface area contributed by atoms with Gasteiger partial charge in [-0.15, -0.1) is 0 Å². The summed E-state index contributed by atoms with van der Waals surface area (Å²) in [5.74, 6) is 0. The summed E-state index contributed by atoms with van der Waals surface area (Å²) in [5.41, 5.74) is 1.41. The number of allylic oxidation sites excluding steroid dienone is 1. The van der Waals surface area contributed by atoms with E-state index in [1.54, 1.807) is 0 Å². The minimum absolute atomic E-state index is 1.38. The number of hydrogen-bond donors (Lipinski definition) is 0. The second-order valence-corrected chi connectivity index (χ2v) is 15.2. The van der Waals surface area contributed by atoms with Crippen LogP contribution in [-0.4, -0.2) is 13.3 Å². The van der Waals surface area contributed by atoms with E-state index < -0.39 is 13.3 Å². The molecule has 0 bridgehead atoms. The molecular formula is C10H22Ge. The summed E-state index contributed by atoms with van der Waals surface area (Å²) in [7, 11) is 0. The second-order valence-electron chi connectivity index (χ2n) is 3.69. The first-order valence-electron chi connectivity index (χ1n) is 4.74. The SMILES string of the molecule is C=C(C)[CH2][Ge]([CH2]C)([CH2]C)[CH2]C. The Morgan fingerprint density at radius 2 is 1.45 bits per heavy atom. The molecule has 0 N–H and O–H groups in total. The molecule has 0 amide bonds. The molecule has 1 heteroatoms. The average molecular weight is 215 g/mol. The van der Waals surface area contributed by atoms with E-state index in [-0.39, 0.29) is 0 Å². The van der Waals surface area contributed by atoms with Gasteiger partial charge < -0.3 is 0 Å².